The number of aliphatic hydroxyl groups is 1. The molecule has 0 radical (unpaired) electrons. The number of nitrogens with zero attached hydrogens (tertiary/aromatic N) is 1. The van der Waals surface area contributed by atoms with E-state index in [0.717, 1.165) is 32.1 Å². The first-order valence-electron chi connectivity index (χ1n) is 11.7. The molecule has 1 aliphatic heterocycles. The number of ketones is 1. The van der Waals surface area contributed by atoms with Crippen molar-refractivity contribution in [3.05, 3.63) is 59.2 Å². The van der Waals surface area contributed by atoms with E-state index in [1.165, 1.54) is 7.11 Å². The van der Waals surface area contributed by atoms with E-state index in [4.69, 9.17) is 14.2 Å². The molecule has 0 spiro atoms. The minimum atomic E-state index is -0.719. The summed E-state index contributed by atoms with van der Waals surface area (Å²) < 4.78 is 16.5. The normalized spacial score (nSPS) is 20.1. The van der Waals surface area contributed by atoms with E-state index < -0.39 is 17.7 Å². The topological polar surface area (TPSA) is 85.3 Å². The number of carbonyl (C=O) groups is 2. The number of Topliss-reactive ketones (excluding diaryl/α,β-unsaturated/α-hetero) is 1. The van der Waals surface area contributed by atoms with Crippen molar-refractivity contribution in [2.24, 2.45) is 0 Å². The van der Waals surface area contributed by atoms with Crippen molar-refractivity contribution in [2.75, 3.05) is 20.8 Å². The largest absolute Gasteiger partial charge is 0.507 e. The Morgan fingerprint density at radius 1 is 1.03 bits per heavy atom. The van der Waals surface area contributed by atoms with Gasteiger partial charge in [0.05, 0.1) is 32.4 Å². The Labute approximate surface area is 199 Å². The van der Waals surface area contributed by atoms with Crippen LogP contribution in [-0.2, 0) is 9.59 Å². The van der Waals surface area contributed by atoms with E-state index >= 15 is 0 Å². The Kier molecular flexibility index (Phi) is 7.10. The first kappa shape index (κ1) is 23.7. The first-order chi connectivity index (χ1) is 16.5. The minimum Gasteiger partial charge on any atom is -0.507 e. The summed E-state index contributed by atoms with van der Waals surface area (Å²) in [7, 11) is 3.09. The van der Waals surface area contributed by atoms with Gasteiger partial charge < -0.3 is 24.2 Å². The van der Waals surface area contributed by atoms with Gasteiger partial charge in [-0.1, -0.05) is 38.0 Å². The van der Waals surface area contributed by atoms with Gasteiger partial charge >= 0.3 is 0 Å². The molecule has 1 N–H and O–H groups in total. The molecule has 180 valence electrons. The Morgan fingerprint density at radius 3 is 2.44 bits per heavy atom. The molecule has 1 saturated carbocycles. The van der Waals surface area contributed by atoms with E-state index in [2.05, 4.69) is 0 Å². The molecule has 0 aromatic heterocycles. The van der Waals surface area contributed by atoms with Crippen molar-refractivity contribution in [3.8, 4) is 17.2 Å². The van der Waals surface area contributed by atoms with Gasteiger partial charge in [-0.2, -0.15) is 0 Å². The molecule has 1 aliphatic carbocycles. The molecule has 4 rings (SSSR count). The van der Waals surface area contributed by atoms with Crippen molar-refractivity contribution >= 4 is 17.4 Å². The number of amides is 1. The standard InChI is InChI=1S/C27H31NO6/c1-4-14-34-20-11-7-8-18(15-20)25(29)23-24(17-12-13-21(32-2)22(16-17)33-3)28(27(31)26(23)30)19-9-5-6-10-19/h7-8,11-13,15-16,19,24,29H,4-6,9-10,14H2,1-3H3/b25-23-. The maximum atomic E-state index is 13.3. The Morgan fingerprint density at radius 2 is 1.76 bits per heavy atom. The van der Waals surface area contributed by atoms with Crippen molar-refractivity contribution in [3.63, 3.8) is 0 Å². The van der Waals surface area contributed by atoms with Crippen LogP contribution in [0.3, 0.4) is 0 Å². The van der Waals surface area contributed by atoms with E-state index in [1.54, 1.807) is 48.4 Å². The predicted molar refractivity (Wildman–Crippen MR) is 128 cm³/mol. The molecule has 0 bridgehead atoms. The number of ether oxygens (including phenoxy) is 3. The minimum absolute atomic E-state index is 0.0564. The fourth-order valence-corrected chi connectivity index (χ4v) is 4.87. The summed E-state index contributed by atoms with van der Waals surface area (Å²) in [5.41, 5.74) is 1.20. The highest BCUT2D eigenvalue weighted by Crippen LogP contribution is 2.45. The second-order valence-corrected chi connectivity index (χ2v) is 8.64. The second-order valence-electron chi connectivity index (χ2n) is 8.64. The maximum Gasteiger partial charge on any atom is 0.295 e. The molecule has 2 fully saturated rings. The number of likely N-dealkylation sites (tertiary alicyclic amines) is 1. The lowest BCUT2D eigenvalue weighted by molar-refractivity contribution is -0.141. The SMILES string of the molecule is CCCOc1cccc(/C(O)=C2/C(=O)C(=O)N(C3CCCC3)C2c2ccc(OC)c(OC)c2)c1. The number of rotatable bonds is 8. The lowest BCUT2D eigenvalue weighted by Crippen LogP contribution is -2.37. The van der Waals surface area contributed by atoms with E-state index in [1.807, 2.05) is 13.0 Å². The van der Waals surface area contributed by atoms with Crippen LogP contribution in [0.5, 0.6) is 17.2 Å². The fourth-order valence-electron chi connectivity index (χ4n) is 4.87. The Bertz CT molecular complexity index is 1100. The molecule has 1 atom stereocenters. The Hall–Kier alpha value is -3.48. The average Bonchev–Trinajstić information content (AvgIpc) is 3.48. The first-order valence-corrected chi connectivity index (χ1v) is 11.7. The van der Waals surface area contributed by atoms with Gasteiger partial charge in [-0.3, -0.25) is 9.59 Å². The van der Waals surface area contributed by atoms with Gasteiger partial charge in [0.1, 0.15) is 11.5 Å². The number of carbonyl (C=O) groups excluding carboxylic acids is 2. The number of benzene rings is 2. The molecule has 1 saturated heterocycles. The van der Waals surface area contributed by atoms with Crippen molar-refractivity contribution in [1.82, 2.24) is 4.90 Å². The predicted octanol–water partition coefficient (Wildman–Crippen LogP) is 4.86. The van der Waals surface area contributed by atoms with Crippen molar-refractivity contribution in [2.45, 2.75) is 51.1 Å². The van der Waals surface area contributed by atoms with Crippen LogP contribution in [0.4, 0.5) is 0 Å². The van der Waals surface area contributed by atoms with Crippen LogP contribution in [0.1, 0.15) is 56.2 Å². The molecule has 2 aromatic rings. The highest BCUT2D eigenvalue weighted by atomic mass is 16.5. The van der Waals surface area contributed by atoms with Gasteiger partial charge in [0, 0.05) is 11.6 Å². The summed E-state index contributed by atoms with van der Waals surface area (Å²) in [6.07, 6.45) is 4.52. The lowest BCUT2D eigenvalue weighted by Gasteiger charge is -2.31. The third-order valence-electron chi connectivity index (χ3n) is 6.50. The molecule has 7 heteroatoms. The second kappa shape index (κ2) is 10.2. The smallest absolute Gasteiger partial charge is 0.295 e. The highest BCUT2D eigenvalue weighted by Gasteiger charge is 2.49. The summed E-state index contributed by atoms with van der Waals surface area (Å²) in [6.45, 7) is 2.55. The van der Waals surface area contributed by atoms with Crippen molar-refractivity contribution < 1.29 is 28.9 Å². The van der Waals surface area contributed by atoms with Gasteiger partial charge in [-0.25, -0.2) is 0 Å². The zero-order chi connectivity index (χ0) is 24.2. The number of aliphatic hydroxyl groups excluding tert-OH is 1. The summed E-state index contributed by atoms with van der Waals surface area (Å²) in [6, 6.07) is 11.5. The third kappa shape index (κ3) is 4.34. The zero-order valence-corrected chi connectivity index (χ0v) is 19.9. The van der Waals surface area contributed by atoms with Crippen LogP contribution >= 0.6 is 0 Å². The molecule has 1 heterocycles. The van der Waals surface area contributed by atoms with Crippen LogP contribution in [0.2, 0.25) is 0 Å². The highest BCUT2D eigenvalue weighted by molar-refractivity contribution is 6.46. The molecule has 1 amide bonds. The number of hydrogen-bond acceptors (Lipinski definition) is 6. The average molecular weight is 466 g/mol. The van der Waals surface area contributed by atoms with E-state index in [9.17, 15) is 14.7 Å². The molecular formula is C27H31NO6. The van der Waals surface area contributed by atoms with Gasteiger partial charge in [0.25, 0.3) is 11.7 Å². The van der Waals surface area contributed by atoms with Crippen molar-refractivity contribution in [1.29, 1.82) is 0 Å². The quantitative estimate of drug-likeness (QED) is 0.341. The Balaban J connectivity index is 1.86. The fraction of sp³-hybridized carbons (Fsp3) is 0.407. The van der Waals surface area contributed by atoms with Crippen LogP contribution in [0.25, 0.3) is 5.76 Å². The molecule has 7 nitrogen and oxygen atoms in total. The number of methoxy groups -OCH3 is 2. The van der Waals surface area contributed by atoms with E-state index in [-0.39, 0.29) is 17.4 Å². The zero-order valence-electron chi connectivity index (χ0n) is 19.9. The summed E-state index contributed by atoms with van der Waals surface area (Å²) in [5.74, 6) is 0.173. The van der Waals surface area contributed by atoms with Gasteiger partial charge in [0.15, 0.2) is 11.5 Å². The van der Waals surface area contributed by atoms with Crippen LogP contribution in [-0.4, -0.2) is 48.6 Å². The third-order valence-corrected chi connectivity index (χ3v) is 6.50. The van der Waals surface area contributed by atoms with E-state index in [0.29, 0.717) is 35.0 Å². The summed E-state index contributed by atoms with van der Waals surface area (Å²) in [5, 5.41) is 11.3. The molecule has 1 unspecified atom stereocenters. The monoisotopic (exact) mass is 465 g/mol. The van der Waals surface area contributed by atoms with Crippen LogP contribution in [0, 0.1) is 0 Å². The van der Waals surface area contributed by atoms with Crippen LogP contribution in [0.15, 0.2) is 48.0 Å². The van der Waals surface area contributed by atoms with Crippen LogP contribution < -0.4 is 14.2 Å². The molecule has 34 heavy (non-hydrogen) atoms. The summed E-state index contributed by atoms with van der Waals surface area (Å²) >= 11 is 0. The molecule has 2 aliphatic rings. The van der Waals surface area contributed by atoms with Gasteiger partial charge in [-0.15, -0.1) is 0 Å². The van der Waals surface area contributed by atoms with Gasteiger partial charge in [-0.05, 0) is 49.1 Å². The molecule has 2 aromatic carbocycles. The number of hydrogen-bond donors (Lipinski definition) is 1. The molecular weight excluding hydrogens is 434 g/mol. The maximum absolute atomic E-state index is 13.3. The summed E-state index contributed by atoms with van der Waals surface area (Å²) in [4.78, 5) is 28.2. The van der Waals surface area contributed by atoms with Gasteiger partial charge in [0.2, 0.25) is 0 Å². The lowest BCUT2D eigenvalue weighted by atomic mass is 9.94.